The summed E-state index contributed by atoms with van der Waals surface area (Å²) in [5, 5.41) is 6.55. The second kappa shape index (κ2) is 9.17. The van der Waals surface area contributed by atoms with Crippen LogP contribution >= 0.6 is 11.3 Å². The van der Waals surface area contributed by atoms with Crippen LogP contribution in [0.4, 0.5) is 0 Å². The molecule has 0 aliphatic carbocycles. The first-order chi connectivity index (χ1) is 24.2. The number of fused-ring (bicyclic) bond motifs is 6. The molecule has 0 bridgehead atoms. The lowest BCUT2D eigenvalue weighted by Gasteiger charge is -2.17. The highest BCUT2D eigenvalue weighted by Gasteiger charge is 2.20. The van der Waals surface area contributed by atoms with E-state index < -0.39 is 0 Å². The number of furan rings is 1. The largest absolute Gasteiger partial charge is 0.456 e. The van der Waals surface area contributed by atoms with Gasteiger partial charge in [0.05, 0.1) is 11.0 Å². The quantitative estimate of drug-likeness (QED) is 0.196. The van der Waals surface area contributed by atoms with E-state index in [0.717, 1.165) is 54.2 Å². The Balaban J connectivity index is 1.41. The number of benzene rings is 7. The summed E-state index contributed by atoms with van der Waals surface area (Å²) in [7, 11) is 0. The van der Waals surface area contributed by atoms with Crippen LogP contribution in [-0.2, 0) is 0 Å². The van der Waals surface area contributed by atoms with Crippen LogP contribution < -0.4 is 0 Å². The van der Waals surface area contributed by atoms with Crippen LogP contribution in [0.3, 0.4) is 0 Å². The summed E-state index contributed by atoms with van der Waals surface area (Å²) in [6, 6.07) is 27.3. The van der Waals surface area contributed by atoms with Crippen LogP contribution in [0.1, 0.15) is 11.0 Å². The minimum atomic E-state index is -0.344. The zero-order valence-corrected chi connectivity index (χ0v) is 22.9. The van der Waals surface area contributed by atoms with Crippen molar-refractivity contribution in [3.05, 3.63) is 145 Å². The number of rotatable bonds is 3. The van der Waals surface area contributed by atoms with Crippen molar-refractivity contribution in [2.24, 2.45) is 0 Å². The van der Waals surface area contributed by atoms with Gasteiger partial charge in [-0.3, -0.25) is 0 Å². The predicted octanol–water partition coefficient (Wildman–Crippen LogP) is 12.1. The Morgan fingerprint density at radius 2 is 1.12 bits per heavy atom. The molecular weight excluding hydrogens is 529 g/mol. The van der Waals surface area contributed by atoms with Gasteiger partial charge in [0.1, 0.15) is 11.2 Å². The van der Waals surface area contributed by atoms with E-state index in [9.17, 15) is 1.37 Å². The van der Waals surface area contributed by atoms with Gasteiger partial charge in [-0.2, -0.15) is 0 Å². The Bertz CT molecular complexity index is 2910. The standard InChI is InChI=1S/C40H24OS/c1-2-12-25(13-3-1)37-26-14-4-6-16-28(26)38(29-17-7-5-15-27(29)37)34-24-42-40-31(20-10-21-32(34)40)30-19-11-23-36-39(30)33-18-8-9-22-35(33)41-36/h1-24H/i4D,6D,8D,9D,14D,16D,18D,22D. The number of hydrogen-bond donors (Lipinski definition) is 0. The highest BCUT2D eigenvalue weighted by molar-refractivity contribution is 7.18. The van der Waals surface area contributed by atoms with Crippen molar-refractivity contribution >= 4 is 64.9 Å². The molecule has 2 heterocycles. The molecule has 0 unspecified atom stereocenters. The van der Waals surface area contributed by atoms with Crippen LogP contribution in [0.15, 0.2) is 149 Å². The molecule has 42 heavy (non-hydrogen) atoms. The van der Waals surface area contributed by atoms with Gasteiger partial charge in [0.2, 0.25) is 0 Å². The van der Waals surface area contributed by atoms with Crippen molar-refractivity contribution in [3.63, 3.8) is 0 Å². The SMILES string of the molecule is [2H]c1c([2H])c([2H])c2c(oc3cccc(-c4cccc5c(-c6c7ccccc7c(-c7ccccc7)c7c([2H])c([2H])c([2H])c([2H])c67)csc45)c32)c1[2H]. The zero-order chi connectivity index (χ0) is 34.6. The van der Waals surface area contributed by atoms with Crippen LogP contribution in [0.5, 0.6) is 0 Å². The minimum absolute atomic E-state index is 0.0878. The van der Waals surface area contributed by atoms with Gasteiger partial charge in [-0.25, -0.2) is 0 Å². The van der Waals surface area contributed by atoms with E-state index in [1.807, 2.05) is 90.3 Å². The molecular formula is C40H24OS. The van der Waals surface area contributed by atoms with Crippen molar-refractivity contribution < 1.29 is 15.4 Å². The van der Waals surface area contributed by atoms with Gasteiger partial charge in [0.25, 0.3) is 0 Å². The van der Waals surface area contributed by atoms with Gasteiger partial charge in [-0.1, -0.05) is 127 Å². The van der Waals surface area contributed by atoms with E-state index in [2.05, 4.69) is 0 Å². The zero-order valence-electron chi connectivity index (χ0n) is 30.1. The number of thiophene rings is 1. The van der Waals surface area contributed by atoms with Crippen molar-refractivity contribution in [2.45, 2.75) is 0 Å². The van der Waals surface area contributed by atoms with E-state index in [-0.39, 0.29) is 53.9 Å². The summed E-state index contributed by atoms with van der Waals surface area (Å²) in [6.45, 7) is 0. The molecule has 2 aromatic heterocycles. The van der Waals surface area contributed by atoms with Gasteiger partial charge in [0, 0.05) is 32.0 Å². The van der Waals surface area contributed by atoms with Crippen LogP contribution in [-0.4, -0.2) is 0 Å². The lowest BCUT2D eigenvalue weighted by molar-refractivity contribution is 0.669. The summed E-state index contributed by atoms with van der Waals surface area (Å²) >= 11 is 1.52. The summed E-state index contributed by atoms with van der Waals surface area (Å²) in [6.07, 6.45) is 0. The van der Waals surface area contributed by atoms with Gasteiger partial charge >= 0.3 is 0 Å². The third-order valence-corrected chi connectivity index (χ3v) is 9.05. The molecule has 0 fully saturated rings. The van der Waals surface area contributed by atoms with E-state index >= 15 is 0 Å². The molecule has 9 rings (SSSR count). The first-order valence-electron chi connectivity index (χ1n) is 17.6. The third kappa shape index (κ3) is 3.36. The van der Waals surface area contributed by atoms with Crippen molar-refractivity contribution in [1.82, 2.24) is 0 Å². The lowest BCUT2D eigenvalue weighted by atomic mass is 9.85. The average Bonchev–Trinajstić information content (AvgIpc) is 3.76. The molecule has 0 radical (unpaired) electrons. The van der Waals surface area contributed by atoms with Crippen LogP contribution in [0.25, 0.3) is 87.0 Å². The molecule has 2 heteroatoms. The van der Waals surface area contributed by atoms with E-state index in [1.165, 1.54) is 11.3 Å². The predicted molar refractivity (Wildman–Crippen MR) is 180 cm³/mol. The van der Waals surface area contributed by atoms with Gasteiger partial charge in [-0.15, -0.1) is 11.3 Å². The molecule has 0 amide bonds. The van der Waals surface area contributed by atoms with Crippen molar-refractivity contribution in [1.29, 1.82) is 0 Å². The maximum atomic E-state index is 9.25. The first-order valence-corrected chi connectivity index (χ1v) is 14.5. The second-order valence-electron chi connectivity index (χ2n) is 10.2. The Morgan fingerprint density at radius 3 is 1.95 bits per heavy atom. The van der Waals surface area contributed by atoms with E-state index in [1.54, 1.807) is 6.07 Å². The Kier molecular flexibility index (Phi) is 3.70. The highest BCUT2D eigenvalue weighted by Crippen LogP contribution is 2.48. The van der Waals surface area contributed by atoms with Gasteiger partial charge < -0.3 is 4.42 Å². The molecule has 0 N–H and O–H groups in total. The van der Waals surface area contributed by atoms with Crippen molar-refractivity contribution in [2.75, 3.05) is 0 Å². The minimum Gasteiger partial charge on any atom is -0.456 e. The lowest BCUT2D eigenvalue weighted by Crippen LogP contribution is -1.90. The smallest absolute Gasteiger partial charge is 0.136 e. The van der Waals surface area contributed by atoms with Crippen molar-refractivity contribution in [3.8, 4) is 33.4 Å². The summed E-state index contributed by atoms with van der Waals surface area (Å²) in [5.41, 5.74) is 5.38. The summed E-state index contributed by atoms with van der Waals surface area (Å²) in [4.78, 5) is 0. The Morgan fingerprint density at radius 1 is 0.476 bits per heavy atom. The molecule has 0 spiro atoms. The molecule has 0 aliphatic heterocycles. The topological polar surface area (TPSA) is 13.1 Å². The molecule has 9 aromatic rings. The molecule has 0 saturated heterocycles. The van der Waals surface area contributed by atoms with Crippen LogP contribution in [0, 0.1) is 0 Å². The molecule has 196 valence electrons. The molecule has 7 aromatic carbocycles. The fourth-order valence-electron chi connectivity index (χ4n) is 6.29. The summed E-state index contributed by atoms with van der Waals surface area (Å²) < 4.78 is 76.5. The van der Waals surface area contributed by atoms with E-state index in [0.29, 0.717) is 27.1 Å². The fraction of sp³-hybridized carbons (Fsp3) is 0. The number of para-hydroxylation sites is 1. The van der Waals surface area contributed by atoms with Crippen LogP contribution in [0.2, 0.25) is 0 Å². The normalized spacial score (nSPS) is 14.5. The fourth-order valence-corrected chi connectivity index (χ4v) is 7.38. The maximum Gasteiger partial charge on any atom is 0.136 e. The number of hydrogen-bond acceptors (Lipinski definition) is 2. The van der Waals surface area contributed by atoms with Gasteiger partial charge in [-0.05, 0) is 61.3 Å². The molecule has 0 aliphatic rings. The maximum absolute atomic E-state index is 9.25. The average molecular weight is 561 g/mol. The first kappa shape index (κ1) is 16.9. The molecule has 0 atom stereocenters. The monoisotopic (exact) mass is 560 g/mol. The second-order valence-corrected chi connectivity index (χ2v) is 11.1. The Hall–Kier alpha value is -5.18. The summed E-state index contributed by atoms with van der Waals surface area (Å²) in [5.74, 6) is 0. The van der Waals surface area contributed by atoms with E-state index in [4.69, 9.17) is 14.0 Å². The van der Waals surface area contributed by atoms with Gasteiger partial charge in [0.15, 0.2) is 0 Å². The molecule has 0 saturated carbocycles. The molecule has 1 nitrogen and oxygen atoms in total. The highest BCUT2D eigenvalue weighted by atomic mass is 32.1. The Labute approximate surface area is 258 Å². The third-order valence-electron chi connectivity index (χ3n) is 8.02.